The first-order chi connectivity index (χ1) is 14.4. The molecule has 2 aromatic carbocycles. The lowest BCUT2D eigenvalue weighted by molar-refractivity contribution is 0.475. The van der Waals surface area contributed by atoms with Crippen molar-refractivity contribution in [2.24, 2.45) is 12.1 Å². The minimum atomic E-state index is 0.0983. The molecule has 0 aliphatic rings. The molecule has 156 valence electrons. The fourth-order valence-corrected chi connectivity index (χ4v) is 3.35. The van der Waals surface area contributed by atoms with Gasteiger partial charge in [0.15, 0.2) is 16.6 Å². The molecule has 0 radical (unpaired) electrons. The Labute approximate surface area is 182 Å². The zero-order valence-corrected chi connectivity index (χ0v) is 18.5. The number of benzene rings is 2. The van der Waals surface area contributed by atoms with Gasteiger partial charge in [-0.25, -0.2) is 0 Å². The lowest BCUT2D eigenvalue weighted by atomic mass is 10.0. The van der Waals surface area contributed by atoms with Crippen LogP contribution < -0.4 is 10.7 Å². The molecular formula is C23H27N5OS. The van der Waals surface area contributed by atoms with Crippen LogP contribution in [0.5, 0.6) is 5.75 Å². The highest BCUT2D eigenvalue weighted by atomic mass is 32.1. The number of hydrogen-bond acceptors (Lipinski definition) is 4. The molecule has 0 fully saturated rings. The van der Waals surface area contributed by atoms with Crippen LogP contribution in [0.2, 0.25) is 0 Å². The molecule has 0 saturated carbocycles. The van der Waals surface area contributed by atoms with Crippen LogP contribution >= 0.6 is 12.2 Å². The zero-order chi connectivity index (χ0) is 21.7. The number of rotatable bonds is 6. The molecule has 30 heavy (non-hydrogen) atoms. The van der Waals surface area contributed by atoms with Gasteiger partial charge in [0, 0.05) is 18.3 Å². The van der Waals surface area contributed by atoms with Gasteiger partial charge in [-0.1, -0.05) is 55.3 Å². The molecule has 7 heteroatoms. The Balaban J connectivity index is 1.74. The van der Waals surface area contributed by atoms with E-state index in [2.05, 4.69) is 40.0 Å². The first-order valence-corrected chi connectivity index (χ1v) is 10.3. The van der Waals surface area contributed by atoms with Gasteiger partial charge >= 0.3 is 0 Å². The highest BCUT2D eigenvalue weighted by Crippen LogP contribution is 2.32. The largest absolute Gasteiger partial charge is 0.504 e. The van der Waals surface area contributed by atoms with E-state index in [1.54, 1.807) is 11.6 Å². The molecule has 0 aliphatic carbocycles. The summed E-state index contributed by atoms with van der Waals surface area (Å²) in [5.74, 6) is 0.0983. The predicted octanol–water partition coefficient (Wildman–Crippen LogP) is 4.76. The quantitative estimate of drug-likeness (QED) is 0.304. The Kier molecular flexibility index (Phi) is 6.84. The Morgan fingerprint density at radius 3 is 2.43 bits per heavy atom. The second kappa shape index (κ2) is 9.54. The minimum absolute atomic E-state index is 0.0983. The Bertz CT molecular complexity index is 1050. The van der Waals surface area contributed by atoms with Crippen molar-refractivity contribution in [2.45, 2.75) is 33.6 Å². The lowest BCUT2D eigenvalue weighted by Crippen LogP contribution is -2.25. The molecule has 3 aromatic rings. The molecule has 0 atom stereocenters. The van der Waals surface area contributed by atoms with E-state index in [-0.39, 0.29) is 5.75 Å². The summed E-state index contributed by atoms with van der Waals surface area (Å²) < 4.78 is 1.67. The summed E-state index contributed by atoms with van der Waals surface area (Å²) in [6.45, 7) is 5.96. The normalized spacial score (nSPS) is 11.4. The topological polar surface area (TPSA) is 74.5 Å². The maximum atomic E-state index is 10.8. The summed E-state index contributed by atoms with van der Waals surface area (Å²) in [6, 6.07) is 16.1. The number of thiocarbonyl (C=S) groups is 1. The van der Waals surface area contributed by atoms with Crippen LogP contribution in [0.4, 0.5) is 5.69 Å². The second-order valence-electron chi connectivity index (χ2n) is 7.25. The van der Waals surface area contributed by atoms with Crippen LogP contribution in [-0.4, -0.2) is 25.7 Å². The first kappa shape index (κ1) is 21.5. The monoisotopic (exact) mass is 421 g/mol. The molecule has 0 unspecified atom stereocenters. The van der Waals surface area contributed by atoms with Gasteiger partial charge < -0.3 is 10.4 Å². The minimum Gasteiger partial charge on any atom is -0.504 e. The standard InChI is InChI=1S/C23H27N5OS/c1-5-6-17-9-11-18(12-10-17)21-22(29)20(27-28(21)4)16(3)25-26-23(30)24-19-13-7-15(2)8-14-19/h7-14,29H,5-6H2,1-4H3,(H2,24,26,30)/b25-16+. The van der Waals surface area contributed by atoms with Crippen LogP contribution in [0, 0.1) is 6.92 Å². The highest BCUT2D eigenvalue weighted by Gasteiger charge is 2.19. The van der Waals surface area contributed by atoms with E-state index in [9.17, 15) is 5.11 Å². The van der Waals surface area contributed by atoms with Crippen LogP contribution in [-0.2, 0) is 13.5 Å². The van der Waals surface area contributed by atoms with E-state index in [0.717, 1.165) is 24.1 Å². The summed E-state index contributed by atoms with van der Waals surface area (Å²) >= 11 is 5.29. The second-order valence-corrected chi connectivity index (χ2v) is 7.65. The van der Waals surface area contributed by atoms with E-state index in [4.69, 9.17) is 12.2 Å². The summed E-state index contributed by atoms with van der Waals surface area (Å²) in [6.07, 6.45) is 2.14. The van der Waals surface area contributed by atoms with Crippen molar-refractivity contribution in [3.8, 4) is 17.0 Å². The maximum Gasteiger partial charge on any atom is 0.191 e. The SMILES string of the molecule is CCCc1ccc(-c2c(O)c(/C(C)=N/NC(=S)Nc3ccc(C)cc3)nn2C)cc1. The van der Waals surface area contributed by atoms with Gasteiger partial charge in [-0.05, 0) is 50.2 Å². The average molecular weight is 422 g/mol. The smallest absolute Gasteiger partial charge is 0.191 e. The van der Waals surface area contributed by atoms with Crippen LogP contribution in [0.15, 0.2) is 53.6 Å². The molecule has 0 bridgehead atoms. The molecule has 6 nitrogen and oxygen atoms in total. The van der Waals surface area contributed by atoms with Gasteiger partial charge in [0.2, 0.25) is 0 Å². The number of aromatic nitrogens is 2. The summed E-state index contributed by atoms with van der Waals surface area (Å²) in [7, 11) is 1.81. The third kappa shape index (κ3) is 5.04. The molecule has 3 rings (SSSR count). The van der Waals surface area contributed by atoms with E-state index >= 15 is 0 Å². The van der Waals surface area contributed by atoms with E-state index in [1.807, 2.05) is 50.4 Å². The van der Waals surface area contributed by atoms with E-state index in [0.29, 0.717) is 22.2 Å². The number of nitrogens with zero attached hydrogens (tertiary/aromatic N) is 3. The fraction of sp³-hybridized carbons (Fsp3) is 0.261. The van der Waals surface area contributed by atoms with Gasteiger partial charge in [0.05, 0.1) is 5.71 Å². The number of hydrazone groups is 1. The van der Waals surface area contributed by atoms with Gasteiger partial charge in [-0.15, -0.1) is 0 Å². The van der Waals surface area contributed by atoms with Crippen LogP contribution in [0.1, 0.15) is 37.1 Å². The van der Waals surface area contributed by atoms with Crippen molar-refractivity contribution in [3.63, 3.8) is 0 Å². The Hall–Kier alpha value is -3.19. The number of aromatic hydroxyl groups is 1. The van der Waals surface area contributed by atoms with Crippen molar-refractivity contribution in [1.82, 2.24) is 15.2 Å². The number of nitrogens with one attached hydrogen (secondary N) is 2. The first-order valence-electron chi connectivity index (χ1n) is 9.92. The zero-order valence-electron chi connectivity index (χ0n) is 17.7. The van der Waals surface area contributed by atoms with Crippen LogP contribution in [0.3, 0.4) is 0 Å². The molecule has 0 saturated heterocycles. The molecule has 1 aromatic heterocycles. The van der Waals surface area contributed by atoms with Crippen molar-refractivity contribution < 1.29 is 5.11 Å². The summed E-state index contributed by atoms with van der Waals surface area (Å²) in [5, 5.41) is 23.0. The van der Waals surface area contributed by atoms with Crippen molar-refractivity contribution in [2.75, 3.05) is 5.32 Å². The number of aryl methyl sites for hydroxylation is 3. The average Bonchev–Trinajstić information content (AvgIpc) is 3.03. The van der Waals surface area contributed by atoms with Gasteiger partial charge in [0.1, 0.15) is 5.69 Å². The third-order valence-corrected chi connectivity index (χ3v) is 4.96. The predicted molar refractivity (Wildman–Crippen MR) is 127 cm³/mol. The van der Waals surface area contributed by atoms with Crippen molar-refractivity contribution in [3.05, 3.63) is 65.4 Å². The van der Waals surface area contributed by atoms with E-state index in [1.165, 1.54) is 11.1 Å². The molecule has 1 heterocycles. The number of anilines is 1. The van der Waals surface area contributed by atoms with Crippen LogP contribution in [0.25, 0.3) is 11.3 Å². The molecular weight excluding hydrogens is 394 g/mol. The Morgan fingerprint density at radius 2 is 1.80 bits per heavy atom. The van der Waals surface area contributed by atoms with Gasteiger partial charge in [-0.3, -0.25) is 10.1 Å². The van der Waals surface area contributed by atoms with E-state index < -0.39 is 0 Å². The van der Waals surface area contributed by atoms with Crippen molar-refractivity contribution >= 4 is 28.7 Å². The van der Waals surface area contributed by atoms with Gasteiger partial charge in [0.25, 0.3) is 0 Å². The summed E-state index contributed by atoms with van der Waals surface area (Å²) in [4.78, 5) is 0. The molecule has 0 spiro atoms. The fourth-order valence-electron chi connectivity index (χ4n) is 3.18. The third-order valence-electron chi connectivity index (χ3n) is 4.77. The highest BCUT2D eigenvalue weighted by molar-refractivity contribution is 7.80. The van der Waals surface area contributed by atoms with Crippen molar-refractivity contribution in [1.29, 1.82) is 0 Å². The number of hydrogen-bond donors (Lipinski definition) is 3. The molecule has 0 amide bonds. The maximum absolute atomic E-state index is 10.8. The summed E-state index contributed by atoms with van der Waals surface area (Å²) in [5.41, 5.74) is 8.65. The molecule has 3 N–H and O–H groups in total. The Morgan fingerprint density at radius 1 is 1.13 bits per heavy atom. The lowest BCUT2D eigenvalue weighted by Gasteiger charge is -2.08. The molecule has 0 aliphatic heterocycles. The van der Waals surface area contributed by atoms with Gasteiger partial charge in [-0.2, -0.15) is 10.2 Å².